The molecule has 1 amide bonds. The van der Waals surface area contributed by atoms with Crippen molar-refractivity contribution in [2.75, 3.05) is 20.7 Å². The lowest BCUT2D eigenvalue weighted by Crippen LogP contribution is -2.28. The molecular weight excluding hydrogens is 418 g/mol. The first kappa shape index (κ1) is 24.1. The van der Waals surface area contributed by atoms with Crippen molar-refractivity contribution in [2.45, 2.75) is 53.5 Å². The molecule has 32 heavy (non-hydrogen) atoms. The molecule has 0 aliphatic rings. The van der Waals surface area contributed by atoms with Crippen molar-refractivity contribution < 1.29 is 9.53 Å². The highest BCUT2D eigenvalue weighted by atomic mass is 32.1. The Morgan fingerprint density at radius 1 is 1.25 bits per heavy atom. The molecule has 6 heteroatoms. The Balaban J connectivity index is 1.97. The van der Waals surface area contributed by atoms with Gasteiger partial charge in [0.25, 0.3) is 5.91 Å². The molecule has 0 saturated carbocycles. The predicted octanol–water partition coefficient (Wildman–Crippen LogP) is 6.51. The number of carbonyl (C=O) groups excluding carboxylic acids is 1. The van der Waals surface area contributed by atoms with Gasteiger partial charge in [-0.05, 0) is 56.0 Å². The zero-order valence-electron chi connectivity index (χ0n) is 20.1. The second kappa shape index (κ2) is 10.8. The van der Waals surface area contributed by atoms with E-state index in [2.05, 4.69) is 37.6 Å². The quantitative estimate of drug-likeness (QED) is 0.351. The molecular formula is C26H35N3O2S. The van der Waals surface area contributed by atoms with Crippen LogP contribution < -0.4 is 4.74 Å². The van der Waals surface area contributed by atoms with Gasteiger partial charge in [-0.25, -0.2) is 4.98 Å². The van der Waals surface area contributed by atoms with Crippen LogP contribution in [0.5, 0.6) is 5.75 Å². The van der Waals surface area contributed by atoms with Gasteiger partial charge in [0.05, 0.1) is 24.1 Å². The molecule has 0 unspecified atom stereocenters. The zero-order chi connectivity index (χ0) is 23.3. The molecule has 0 radical (unpaired) electrons. The highest BCUT2D eigenvalue weighted by molar-refractivity contribution is 7.13. The van der Waals surface area contributed by atoms with Gasteiger partial charge in [-0.15, -0.1) is 11.3 Å². The number of hydrogen-bond donors (Lipinski definition) is 0. The Morgan fingerprint density at radius 2 is 1.97 bits per heavy atom. The molecule has 5 nitrogen and oxygen atoms in total. The minimum absolute atomic E-state index is 0.0890. The summed E-state index contributed by atoms with van der Waals surface area (Å²) in [6.45, 7) is 10.3. The first-order valence-corrected chi connectivity index (χ1v) is 12.3. The van der Waals surface area contributed by atoms with Crippen LogP contribution in [0.3, 0.4) is 0 Å². The number of benzene rings is 1. The van der Waals surface area contributed by atoms with Crippen LogP contribution in [-0.4, -0.2) is 41.1 Å². The normalized spacial score (nSPS) is 11.2. The standard InChI is InChI=1S/C26H35N3O2S/c1-7-8-14-28(5)26(30)22-16-24(29(19(22)4)15-13-18(2)3)23-17-32-25(27-23)20-9-11-21(31-6)12-10-20/h9-12,16-18H,7-8,13-15H2,1-6H3. The van der Waals surface area contributed by atoms with Gasteiger partial charge in [-0.1, -0.05) is 27.2 Å². The number of methoxy groups -OCH3 is 1. The molecule has 2 aromatic heterocycles. The Labute approximate surface area is 196 Å². The lowest BCUT2D eigenvalue weighted by Gasteiger charge is -2.17. The van der Waals surface area contributed by atoms with Crippen molar-refractivity contribution in [3.05, 3.63) is 47.0 Å². The molecule has 0 fully saturated rings. The Kier molecular flexibility index (Phi) is 8.13. The molecule has 0 spiro atoms. The fourth-order valence-electron chi connectivity index (χ4n) is 3.71. The first-order valence-electron chi connectivity index (χ1n) is 11.4. The molecule has 3 rings (SSSR count). The average molecular weight is 454 g/mol. The minimum Gasteiger partial charge on any atom is -0.497 e. The fraction of sp³-hybridized carbons (Fsp3) is 0.462. The number of hydrogen-bond acceptors (Lipinski definition) is 4. The summed E-state index contributed by atoms with van der Waals surface area (Å²) in [7, 11) is 3.57. The van der Waals surface area contributed by atoms with Crippen LogP contribution >= 0.6 is 11.3 Å². The van der Waals surface area contributed by atoms with Crippen LogP contribution in [0, 0.1) is 12.8 Å². The number of amides is 1. The van der Waals surface area contributed by atoms with E-state index in [1.165, 1.54) is 0 Å². The lowest BCUT2D eigenvalue weighted by atomic mass is 10.1. The number of thiazole rings is 1. The average Bonchev–Trinajstić information content (AvgIpc) is 3.40. The summed E-state index contributed by atoms with van der Waals surface area (Å²) in [4.78, 5) is 20.0. The monoisotopic (exact) mass is 453 g/mol. The molecule has 0 bridgehead atoms. The molecule has 0 aliphatic heterocycles. The largest absolute Gasteiger partial charge is 0.497 e. The van der Waals surface area contributed by atoms with E-state index in [-0.39, 0.29) is 5.91 Å². The Hall–Kier alpha value is -2.60. The summed E-state index contributed by atoms with van der Waals surface area (Å²) in [6.07, 6.45) is 3.14. The third-order valence-electron chi connectivity index (χ3n) is 5.82. The lowest BCUT2D eigenvalue weighted by molar-refractivity contribution is 0.0792. The highest BCUT2D eigenvalue weighted by Crippen LogP contribution is 2.33. The highest BCUT2D eigenvalue weighted by Gasteiger charge is 2.22. The molecule has 0 N–H and O–H groups in total. The molecule has 3 aromatic rings. The summed E-state index contributed by atoms with van der Waals surface area (Å²) < 4.78 is 7.54. The van der Waals surface area contributed by atoms with Crippen LogP contribution in [-0.2, 0) is 6.54 Å². The summed E-state index contributed by atoms with van der Waals surface area (Å²) in [6, 6.07) is 10.0. The van der Waals surface area contributed by atoms with Crippen LogP contribution in [0.4, 0.5) is 0 Å². The number of rotatable bonds is 10. The maximum Gasteiger partial charge on any atom is 0.255 e. The minimum atomic E-state index is 0.0890. The Bertz CT molecular complexity index is 1030. The van der Waals surface area contributed by atoms with E-state index < -0.39 is 0 Å². The van der Waals surface area contributed by atoms with E-state index in [0.29, 0.717) is 5.92 Å². The Morgan fingerprint density at radius 3 is 2.59 bits per heavy atom. The number of aromatic nitrogens is 2. The van der Waals surface area contributed by atoms with Gasteiger partial charge in [0.2, 0.25) is 0 Å². The fourth-order valence-corrected chi connectivity index (χ4v) is 4.53. The second-order valence-corrected chi connectivity index (χ2v) is 9.57. The van der Waals surface area contributed by atoms with E-state index in [1.54, 1.807) is 18.4 Å². The molecule has 0 atom stereocenters. The topological polar surface area (TPSA) is 47.4 Å². The number of carbonyl (C=O) groups is 1. The molecule has 1 aromatic carbocycles. The van der Waals surface area contributed by atoms with Crippen LogP contribution in [0.1, 0.15) is 56.1 Å². The van der Waals surface area contributed by atoms with Crippen LogP contribution in [0.15, 0.2) is 35.7 Å². The van der Waals surface area contributed by atoms with Crippen molar-refractivity contribution in [1.29, 1.82) is 0 Å². The molecule has 2 heterocycles. The van der Waals surface area contributed by atoms with Gasteiger partial charge in [0, 0.05) is 36.8 Å². The maximum absolute atomic E-state index is 13.2. The third kappa shape index (κ3) is 5.41. The zero-order valence-corrected chi connectivity index (χ0v) is 21.0. The van der Waals surface area contributed by atoms with Gasteiger partial charge in [-0.3, -0.25) is 4.79 Å². The number of nitrogens with zero attached hydrogens (tertiary/aromatic N) is 3. The first-order chi connectivity index (χ1) is 15.3. The van der Waals surface area contributed by atoms with Crippen LogP contribution in [0.2, 0.25) is 0 Å². The van der Waals surface area contributed by atoms with Gasteiger partial charge >= 0.3 is 0 Å². The van der Waals surface area contributed by atoms with E-state index in [4.69, 9.17) is 9.72 Å². The van der Waals surface area contributed by atoms with Crippen molar-refractivity contribution >= 4 is 17.2 Å². The van der Waals surface area contributed by atoms with Crippen molar-refractivity contribution in [2.24, 2.45) is 5.92 Å². The molecule has 0 saturated heterocycles. The van der Waals surface area contributed by atoms with Crippen molar-refractivity contribution in [3.8, 4) is 27.7 Å². The van der Waals surface area contributed by atoms with Gasteiger partial charge in [0.15, 0.2) is 0 Å². The SMILES string of the molecule is CCCCN(C)C(=O)c1cc(-c2csc(-c3ccc(OC)cc3)n2)n(CCC(C)C)c1C. The van der Waals surface area contributed by atoms with Crippen molar-refractivity contribution in [1.82, 2.24) is 14.5 Å². The van der Waals surface area contributed by atoms with E-state index >= 15 is 0 Å². The third-order valence-corrected chi connectivity index (χ3v) is 6.72. The van der Waals surface area contributed by atoms with E-state index in [9.17, 15) is 4.79 Å². The predicted molar refractivity (Wildman–Crippen MR) is 134 cm³/mol. The van der Waals surface area contributed by atoms with E-state index in [1.807, 2.05) is 42.3 Å². The second-order valence-electron chi connectivity index (χ2n) is 8.71. The summed E-state index contributed by atoms with van der Waals surface area (Å²) >= 11 is 1.62. The number of ether oxygens (including phenoxy) is 1. The smallest absolute Gasteiger partial charge is 0.255 e. The summed E-state index contributed by atoms with van der Waals surface area (Å²) in [5.74, 6) is 1.51. The molecule has 172 valence electrons. The van der Waals surface area contributed by atoms with Gasteiger partial charge in [0.1, 0.15) is 10.8 Å². The van der Waals surface area contributed by atoms with Crippen LogP contribution in [0.25, 0.3) is 22.0 Å². The molecule has 0 aliphatic carbocycles. The summed E-state index contributed by atoms with van der Waals surface area (Å²) in [5.41, 5.74) is 4.80. The number of unbranched alkanes of at least 4 members (excludes halogenated alkanes) is 1. The maximum atomic E-state index is 13.2. The van der Waals surface area contributed by atoms with E-state index in [0.717, 1.165) is 71.3 Å². The van der Waals surface area contributed by atoms with Gasteiger partial charge in [-0.2, -0.15) is 0 Å². The van der Waals surface area contributed by atoms with Gasteiger partial charge < -0.3 is 14.2 Å². The van der Waals surface area contributed by atoms with Crippen molar-refractivity contribution in [3.63, 3.8) is 0 Å². The summed E-state index contributed by atoms with van der Waals surface area (Å²) in [5, 5.41) is 3.06.